The lowest BCUT2D eigenvalue weighted by molar-refractivity contribution is -0.137. The first-order chi connectivity index (χ1) is 9.00. The number of carboxylic acid groups (broad SMARTS) is 1. The van der Waals surface area contributed by atoms with Crippen LogP contribution in [0.2, 0.25) is 10.2 Å². The molecule has 2 N–H and O–H groups in total. The van der Waals surface area contributed by atoms with Gasteiger partial charge in [0.2, 0.25) is 0 Å². The molecule has 104 valence electrons. The Kier molecular flexibility index (Phi) is 6.59. The number of nitrogens with zero attached hydrogens (tertiary/aromatic N) is 1. The van der Waals surface area contributed by atoms with Crippen LogP contribution in [0, 0.1) is 0 Å². The molecule has 0 unspecified atom stereocenters. The van der Waals surface area contributed by atoms with E-state index in [-0.39, 0.29) is 28.2 Å². The van der Waals surface area contributed by atoms with Crippen molar-refractivity contribution in [3.05, 3.63) is 28.0 Å². The topological polar surface area (TPSA) is 79.3 Å². The van der Waals surface area contributed by atoms with Gasteiger partial charge in [-0.15, -0.1) is 0 Å². The number of halogens is 2. The van der Waals surface area contributed by atoms with Gasteiger partial charge in [-0.2, -0.15) is 0 Å². The van der Waals surface area contributed by atoms with Gasteiger partial charge >= 0.3 is 5.97 Å². The molecule has 0 spiro atoms. The van der Waals surface area contributed by atoms with Crippen LogP contribution in [0.4, 0.5) is 0 Å². The van der Waals surface area contributed by atoms with E-state index in [9.17, 15) is 9.59 Å². The highest BCUT2D eigenvalue weighted by atomic mass is 35.5. The summed E-state index contributed by atoms with van der Waals surface area (Å²) in [7, 11) is 0. The van der Waals surface area contributed by atoms with Gasteiger partial charge < -0.3 is 10.4 Å². The van der Waals surface area contributed by atoms with Gasteiger partial charge in [-0.3, -0.25) is 9.59 Å². The molecule has 0 aliphatic heterocycles. The molecule has 7 heteroatoms. The second-order valence-electron chi connectivity index (χ2n) is 3.92. The lowest BCUT2D eigenvalue weighted by Gasteiger charge is -2.06. The zero-order chi connectivity index (χ0) is 14.3. The number of aromatic nitrogens is 1. The van der Waals surface area contributed by atoms with E-state index in [2.05, 4.69) is 10.3 Å². The molecule has 0 radical (unpaired) electrons. The van der Waals surface area contributed by atoms with Crippen LogP contribution in [0.25, 0.3) is 0 Å². The predicted octanol–water partition coefficient (Wildman–Crippen LogP) is 2.76. The molecule has 1 aromatic rings. The molecule has 1 rings (SSSR count). The zero-order valence-electron chi connectivity index (χ0n) is 10.2. The van der Waals surface area contributed by atoms with Crippen molar-refractivity contribution in [2.75, 3.05) is 6.54 Å². The number of aliphatic carboxylic acids is 1. The van der Waals surface area contributed by atoms with Crippen LogP contribution in [-0.2, 0) is 4.79 Å². The molecule has 1 heterocycles. The van der Waals surface area contributed by atoms with E-state index < -0.39 is 5.97 Å². The maximum absolute atomic E-state index is 11.7. The van der Waals surface area contributed by atoms with Crippen LogP contribution < -0.4 is 5.32 Å². The van der Waals surface area contributed by atoms with Crippen molar-refractivity contribution in [3.63, 3.8) is 0 Å². The van der Waals surface area contributed by atoms with Crippen molar-refractivity contribution < 1.29 is 14.7 Å². The van der Waals surface area contributed by atoms with Gasteiger partial charge in [0.1, 0.15) is 10.8 Å². The number of rotatable bonds is 7. The molecule has 1 amide bonds. The fourth-order valence-electron chi connectivity index (χ4n) is 1.44. The van der Waals surface area contributed by atoms with Gasteiger partial charge in [0, 0.05) is 13.0 Å². The van der Waals surface area contributed by atoms with E-state index in [1.165, 1.54) is 12.1 Å². The molecule has 0 saturated carbocycles. The Balaban J connectivity index is 2.31. The van der Waals surface area contributed by atoms with Crippen molar-refractivity contribution in [3.8, 4) is 0 Å². The van der Waals surface area contributed by atoms with Crippen LogP contribution in [0.3, 0.4) is 0 Å². The molecule has 0 atom stereocenters. The third-order valence-corrected chi connectivity index (χ3v) is 2.90. The molecule has 0 aliphatic carbocycles. The normalized spacial score (nSPS) is 10.2. The molecule has 0 fully saturated rings. The SMILES string of the molecule is O=C(O)CCCCCNC(=O)c1nc(Cl)ccc1Cl. The largest absolute Gasteiger partial charge is 0.481 e. The number of pyridine rings is 1. The quantitative estimate of drug-likeness (QED) is 0.599. The third-order valence-electron chi connectivity index (χ3n) is 2.38. The Hall–Kier alpha value is -1.33. The van der Waals surface area contributed by atoms with Crippen molar-refractivity contribution >= 4 is 35.1 Å². The fourth-order valence-corrected chi connectivity index (χ4v) is 1.78. The maximum Gasteiger partial charge on any atom is 0.303 e. The van der Waals surface area contributed by atoms with Gasteiger partial charge in [0.15, 0.2) is 0 Å². The summed E-state index contributed by atoms with van der Waals surface area (Å²) in [6.07, 6.45) is 2.19. The van der Waals surface area contributed by atoms with Crippen molar-refractivity contribution in [1.82, 2.24) is 10.3 Å². The summed E-state index contributed by atoms with van der Waals surface area (Å²) < 4.78 is 0. The molecule has 0 bridgehead atoms. The molecule has 0 aliphatic rings. The maximum atomic E-state index is 11.7. The first kappa shape index (κ1) is 15.7. The minimum absolute atomic E-state index is 0.0969. The second-order valence-corrected chi connectivity index (χ2v) is 4.72. The number of nitrogens with one attached hydrogen (secondary N) is 1. The minimum Gasteiger partial charge on any atom is -0.481 e. The Labute approximate surface area is 120 Å². The highest BCUT2D eigenvalue weighted by Crippen LogP contribution is 2.16. The fraction of sp³-hybridized carbons (Fsp3) is 0.417. The minimum atomic E-state index is -0.807. The summed E-state index contributed by atoms with van der Waals surface area (Å²) in [4.78, 5) is 25.9. The molecular weight excluding hydrogens is 291 g/mol. The smallest absolute Gasteiger partial charge is 0.303 e. The summed E-state index contributed by atoms with van der Waals surface area (Å²) in [5.74, 6) is -1.19. The summed E-state index contributed by atoms with van der Waals surface area (Å²) in [6, 6.07) is 3.02. The number of carboxylic acids is 1. The standard InChI is InChI=1S/C12H14Cl2N2O3/c13-8-5-6-9(14)16-11(8)12(19)15-7-3-1-2-4-10(17)18/h5-6H,1-4,7H2,(H,15,19)(H,17,18). The Bertz CT molecular complexity index is 466. The number of unbranched alkanes of at least 4 members (excludes halogenated alkanes) is 2. The molecule has 19 heavy (non-hydrogen) atoms. The number of carbonyl (C=O) groups excluding carboxylic acids is 1. The van der Waals surface area contributed by atoms with E-state index in [0.29, 0.717) is 19.4 Å². The Morgan fingerprint density at radius 1 is 1.21 bits per heavy atom. The van der Waals surface area contributed by atoms with Crippen LogP contribution in [0.5, 0.6) is 0 Å². The first-order valence-electron chi connectivity index (χ1n) is 5.82. The van der Waals surface area contributed by atoms with Crippen LogP contribution in [-0.4, -0.2) is 28.5 Å². The summed E-state index contributed by atoms with van der Waals surface area (Å²) in [6.45, 7) is 0.447. The number of hydrogen-bond donors (Lipinski definition) is 2. The average molecular weight is 305 g/mol. The lowest BCUT2D eigenvalue weighted by Crippen LogP contribution is -2.25. The van der Waals surface area contributed by atoms with E-state index in [1.54, 1.807) is 0 Å². The van der Waals surface area contributed by atoms with Gasteiger partial charge in [-0.25, -0.2) is 4.98 Å². The molecule has 5 nitrogen and oxygen atoms in total. The third kappa shape index (κ3) is 5.89. The Morgan fingerprint density at radius 3 is 2.63 bits per heavy atom. The van der Waals surface area contributed by atoms with E-state index in [0.717, 1.165) is 6.42 Å². The van der Waals surface area contributed by atoms with E-state index in [1.807, 2.05) is 0 Å². The first-order valence-corrected chi connectivity index (χ1v) is 6.58. The average Bonchev–Trinajstić information content (AvgIpc) is 2.36. The summed E-state index contributed by atoms with van der Waals surface area (Å²) in [5.41, 5.74) is 0.0969. The predicted molar refractivity (Wildman–Crippen MR) is 72.7 cm³/mol. The molecule has 0 aromatic carbocycles. The van der Waals surface area contributed by atoms with Gasteiger partial charge in [0.25, 0.3) is 5.91 Å². The van der Waals surface area contributed by atoms with Gasteiger partial charge in [-0.1, -0.05) is 29.6 Å². The number of amides is 1. The highest BCUT2D eigenvalue weighted by molar-refractivity contribution is 6.34. The molecule has 0 saturated heterocycles. The number of carbonyl (C=O) groups is 2. The zero-order valence-corrected chi connectivity index (χ0v) is 11.7. The van der Waals surface area contributed by atoms with Crippen LogP contribution in [0.1, 0.15) is 36.2 Å². The monoisotopic (exact) mass is 304 g/mol. The summed E-state index contributed by atoms with van der Waals surface area (Å²) >= 11 is 11.5. The second kappa shape index (κ2) is 7.96. The van der Waals surface area contributed by atoms with Crippen molar-refractivity contribution in [2.45, 2.75) is 25.7 Å². The lowest BCUT2D eigenvalue weighted by atomic mass is 10.2. The molecule has 1 aromatic heterocycles. The van der Waals surface area contributed by atoms with E-state index >= 15 is 0 Å². The molecular formula is C12H14Cl2N2O3. The van der Waals surface area contributed by atoms with Crippen LogP contribution >= 0.6 is 23.2 Å². The van der Waals surface area contributed by atoms with Gasteiger partial charge in [0.05, 0.1) is 5.02 Å². The Morgan fingerprint density at radius 2 is 1.95 bits per heavy atom. The highest BCUT2D eigenvalue weighted by Gasteiger charge is 2.12. The number of hydrogen-bond acceptors (Lipinski definition) is 3. The van der Waals surface area contributed by atoms with Crippen LogP contribution in [0.15, 0.2) is 12.1 Å². The van der Waals surface area contributed by atoms with Gasteiger partial charge in [-0.05, 0) is 25.0 Å². The van der Waals surface area contributed by atoms with E-state index in [4.69, 9.17) is 28.3 Å². The summed E-state index contributed by atoms with van der Waals surface area (Å²) in [5, 5.41) is 11.6. The van der Waals surface area contributed by atoms with Crippen molar-refractivity contribution in [1.29, 1.82) is 0 Å². The van der Waals surface area contributed by atoms with Crippen molar-refractivity contribution in [2.24, 2.45) is 0 Å².